The van der Waals surface area contributed by atoms with Crippen LogP contribution in [-0.2, 0) is 17.5 Å². The van der Waals surface area contributed by atoms with E-state index in [1.165, 1.54) is 12.1 Å². The molecule has 1 aromatic carbocycles. The van der Waals surface area contributed by atoms with Crippen molar-refractivity contribution in [3.8, 4) is 0 Å². The van der Waals surface area contributed by atoms with Gasteiger partial charge >= 0.3 is 6.18 Å². The predicted molar refractivity (Wildman–Crippen MR) is 71.6 cm³/mol. The topological polar surface area (TPSA) is 38.5 Å². The number of halogens is 3. The van der Waals surface area contributed by atoms with Gasteiger partial charge in [0.1, 0.15) is 0 Å². The Morgan fingerprint density at radius 1 is 1.40 bits per heavy atom. The number of nitrogens with zero attached hydrogens (tertiary/aromatic N) is 1. The van der Waals surface area contributed by atoms with E-state index in [-0.39, 0.29) is 18.2 Å². The normalized spacial score (nSPS) is 20.9. The Morgan fingerprint density at radius 2 is 2.15 bits per heavy atom. The summed E-state index contributed by atoms with van der Waals surface area (Å²) in [7, 11) is 0. The fourth-order valence-corrected chi connectivity index (χ4v) is 2.43. The largest absolute Gasteiger partial charge is 0.416 e. The molecule has 1 atom stereocenters. The molecule has 20 heavy (non-hydrogen) atoms. The fourth-order valence-electron chi connectivity index (χ4n) is 2.43. The first-order valence-corrected chi connectivity index (χ1v) is 6.68. The second-order valence-corrected chi connectivity index (χ2v) is 5.02. The second kappa shape index (κ2) is 6.01. The minimum atomic E-state index is -4.38. The highest BCUT2D eigenvalue weighted by atomic mass is 19.4. The van der Waals surface area contributed by atoms with Crippen molar-refractivity contribution in [2.45, 2.75) is 32.2 Å². The summed E-state index contributed by atoms with van der Waals surface area (Å²) >= 11 is 0. The maximum Gasteiger partial charge on any atom is 0.416 e. The van der Waals surface area contributed by atoms with Crippen LogP contribution in [0.5, 0.6) is 0 Å². The van der Waals surface area contributed by atoms with Crippen molar-refractivity contribution in [2.75, 3.05) is 24.6 Å². The van der Waals surface area contributed by atoms with Gasteiger partial charge in [0.2, 0.25) is 0 Å². The van der Waals surface area contributed by atoms with Crippen LogP contribution in [-0.4, -0.2) is 25.8 Å². The summed E-state index contributed by atoms with van der Waals surface area (Å²) in [5, 5.41) is 0. The van der Waals surface area contributed by atoms with Gasteiger partial charge < -0.3 is 15.4 Å². The van der Waals surface area contributed by atoms with Gasteiger partial charge in [-0.05, 0) is 31.0 Å². The van der Waals surface area contributed by atoms with E-state index in [9.17, 15) is 13.2 Å². The molecule has 112 valence electrons. The van der Waals surface area contributed by atoms with Crippen LogP contribution in [0.3, 0.4) is 0 Å². The quantitative estimate of drug-likeness (QED) is 0.909. The van der Waals surface area contributed by atoms with E-state index in [4.69, 9.17) is 10.5 Å². The summed E-state index contributed by atoms with van der Waals surface area (Å²) in [5.41, 5.74) is 5.45. The fraction of sp³-hybridized carbons (Fsp3) is 0.571. The number of hydrogen-bond acceptors (Lipinski definition) is 3. The van der Waals surface area contributed by atoms with Crippen molar-refractivity contribution in [3.05, 3.63) is 29.3 Å². The molecule has 0 spiro atoms. The third-order valence-corrected chi connectivity index (χ3v) is 3.44. The van der Waals surface area contributed by atoms with E-state index in [0.717, 1.165) is 6.42 Å². The molecule has 1 aliphatic heterocycles. The van der Waals surface area contributed by atoms with E-state index in [1.54, 1.807) is 6.07 Å². The van der Waals surface area contributed by atoms with E-state index >= 15 is 0 Å². The van der Waals surface area contributed by atoms with Crippen molar-refractivity contribution in [3.63, 3.8) is 0 Å². The van der Waals surface area contributed by atoms with Crippen LogP contribution in [0, 0.1) is 0 Å². The molecule has 6 heteroatoms. The third-order valence-electron chi connectivity index (χ3n) is 3.44. The predicted octanol–water partition coefficient (Wildman–Crippen LogP) is 2.78. The van der Waals surface area contributed by atoms with E-state index < -0.39 is 11.7 Å². The maximum atomic E-state index is 13.0. The first-order chi connectivity index (χ1) is 9.41. The lowest BCUT2D eigenvalue weighted by atomic mass is 10.1. The zero-order chi connectivity index (χ0) is 14.8. The molecular formula is C14H19F3N2O. The average molecular weight is 288 g/mol. The summed E-state index contributed by atoms with van der Waals surface area (Å²) in [6, 6.07) is 4.37. The summed E-state index contributed by atoms with van der Waals surface area (Å²) in [4.78, 5) is 1.94. The second-order valence-electron chi connectivity index (χ2n) is 5.02. The maximum absolute atomic E-state index is 13.0. The molecule has 0 aliphatic carbocycles. The van der Waals surface area contributed by atoms with Crippen molar-refractivity contribution < 1.29 is 17.9 Å². The number of anilines is 1. The van der Waals surface area contributed by atoms with Crippen LogP contribution in [0.4, 0.5) is 18.9 Å². The van der Waals surface area contributed by atoms with Crippen LogP contribution in [0.1, 0.15) is 24.5 Å². The highest BCUT2D eigenvalue weighted by Crippen LogP contribution is 2.34. The smallest absolute Gasteiger partial charge is 0.377 e. The zero-order valence-corrected chi connectivity index (χ0v) is 11.4. The van der Waals surface area contributed by atoms with Gasteiger partial charge in [0.15, 0.2) is 0 Å². The Kier molecular flexibility index (Phi) is 4.55. The zero-order valence-electron chi connectivity index (χ0n) is 11.4. The van der Waals surface area contributed by atoms with Gasteiger partial charge in [-0.2, -0.15) is 13.2 Å². The van der Waals surface area contributed by atoms with Crippen molar-refractivity contribution in [2.24, 2.45) is 5.73 Å². The summed E-state index contributed by atoms with van der Waals surface area (Å²) < 4.78 is 44.6. The van der Waals surface area contributed by atoms with Crippen LogP contribution in [0.25, 0.3) is 0 Å². The lowest BCUT2D eigenvalue weighted by Gasteiger charge is -2.26. The van der Waals surface area contributed by atoms with Gasteiger partial charge in [0.05, 0.1) is 11.7 Å². The molecule has 1 saturated heterocycles. The molecule has 0 radical (unpaired) electrons. The Hall–Kier alpha value is -1.27. The molecule has 1 fully saturated rings. The van der Waals surface area contributed by atoms with E-state index in [2.05, 4.69) is 0 Å². The van der Waals surface area contributed by atoms with Crippen molar-refractivity contribution in [1.82, 2.24) is 0 Å². The van der Waals surface area contributed by atoms with Crippen LogP contribution >= 0.6 is 0 Å². The minimum Gasteiger partial charge on any atom is -0.377 e. The van der Waals surface area contributed by atoms with E-state index in [0.29, 0.717) is 25.4 Å². The molecule has 0 amide bonds. The Labute approximate surface area is 116 Å². The van der Waals surface area contributed by atoms with E-state index in [1.807, 2.05) is 11.8 Å². The number of nitrogens with two attached hydrogens (primary N) is 1. The van der Waals surface area contributed by atoms with Crippen molar-refractivity contribution >= 4 is 5.69 Å². The lowest BCUT2D eigenvalue weighted by molar-refractivity contribution is -0.138. The number of rotatable bonds is 2. The van der Waals surface area contributed by atoms with Gasteiger partial charge in [0, 0.05) is 31.9 Å². The Morgan fingerprint density at radius 3 is 2.80 bits per heavy atom. The van der Waals surface area contributed by atoms with Crippen LogP contribution < -0.4 is 10.6 Å². The first-order valence-electron chi connectivity index (χ1n) is 6.68. The summed E-state index contributed by atoms with van der Waals surface area (Å²) in [6.45, 7) is 3.75. The molecule has 0 aromatic heterocycles. The molecular weight excluding hydrogens is 269 g/mol. The molecule has 0 saturated carbocycles. The summed E-state index contributed by atoms with van der Waals surface area (Å²) in [6.07, 6.45) is -3.55. The third kappa shape index (κ3) is 3.43. The highest BCUT2D eigenvalue weighted by molar-refractivity contribution is 5.52. The number of ether oxygens (including phenoxy) is 1. The molecule has 1 unspecified atom stereocenters. The first kappa shape index (κ1) is 15.1. The van der Waals surface area contributed by atoms with Crippen LogP contribution in [0.15, 0.2) is 18.2 Å². The number of alkyl halides is 3. The standard InChI is InChI=1S/C14H19F3N2O/c1-10-9-19(5-2-6-20-10)12-4-3-11(8-18)13(7-12)14(15,16)17/h3-4,7,10H,2,5-6,8-9,18H2,1H3. The van der Waals surface area contributed by atoms with Crippen molar-refractivity contribution in [1.29, 1.82) is 0 Å². The molecule has 1 aliphatic rings. The molecule has 1 heterocycles. The van der Waals surface area contributed by atoms with Gasteiger partial charge in [-0.3, -0.25) is 0 Å². The molecule has 1 aromatic rings. The molecule has 2 rings (SSSR count). The molecule has 0 bridgehead atoms. The van der Waals surface area contributed by atoms with Gasteiger partial charge in [-0.15, -0.1) is 0 Å². The molecule has 3 nitrogen and oxygen atoms in total. The van der Waals surface area contributed by atoms with Gasteiger partial charge in [-0.1, -0.05) is 6.07 Å². The van der Waals surface area contributed by atoms with Gasteiger partial charge in [-0.25, -0.2) is 0 Å². The minimum absolute atomic E-state index is 0.0148. The summed E-state index contributed by atoms with van der Waals surface area (Å²) in [5.74, 6) is 0. The number of hydrogen-bond donors (Lipinski definition) is 1. The Balaban J connectivity index is 2.32. The number of benzene rings is 1. The lowest BCUT2D eigenvalue weighted by Crippen LogP contribution is -2.30. The van der Waals surface area contributed by atoms with Gasteiger partial charge in [0.25, 0.3) is 0 Å². The highest BCUT2D eigenvalue weighted by Gasteiger charge is 2.33. The Bertz CT molecular complexity index is 462. The SMILES string of the molecule is CC1CN(c2ccc(CN)c(C(F)(F)F)c2)CCCO1. The monoisotopic (exact) mass is 288 g/mol. The van der Waals surface area contributed by atoms with Crippen LogP contribution in [0.2, 0.25) is 0 Å². The average Bonchev–Trinajstić information content (AvgIpc) is 2.61. The molecule has 2 N–H and O–H groups in total.